The summed E-state index contributed by atoms with van der Waals surface area (Å²) in [5.74, 6) is 0.271. The zero-order valence-corrected chi connectivity index (χ0v) is 14.5. The molecule has 0 amide bonds. The molecular weight excluding hydrogens is 333 g/mol. The lowest BCUT2D eigenvalue weighted by molar-refractivity contribution is -0.0926. The number of nitrogens with zero attached hydrogens (tertiary/aromatic N) is 2. The minimum Gasteiger partial charge on any atom is -0.492 e. The number of aliphatic imine (C=N–C) groups is 1. The molecule has 0 saturated carbocycles. The Morgan fingerprint density at radius 3 is 2.92 bits per heavy atom. The molecule has 0 aromatic heterocycles. The van der Waals surface area contributed by atoms with Crippen LogP contribution >= 0.6 is 0 Å². The van der Waals surface area contributed by atoms with E-state index in [2.05, 4.69) is 9.89 Å². The summed E-state index contributed by atoms with van der Waals surface area (Å²) < 4.78 is 50.2. The van der Waals surface area contributed by atoms with Gasteiger partial charge in [0.2, 0.25) is 0 Å². The lowest BCUT2D eigenvalue weighted by Crippen LogP contribution is -2.46. The first-order valence-electron chi connectivity index (χ1n) is 8.85. The highest BCUT2D eigenvalue weighted by molar-refractivity contribution is 5.60. The van der Waals surface area contributed by atoms with Crippen LogP contribution in [-0.4, -0.2) is 55.7 Å². The fraction of sp³-hybridized carbons (Fsp3) is 0.722. The van der Waals surface area contributed by atoms with Crippen molar-refractivity contribution in [2.45, 2.75) is 56.3 Å². The van der Waals surface area contributed by atoms with Crippen LogP contribution in [0.2, 0.25) is 0 Å². The van der Waals surface area contributed by atoms with Gasteiger partial charge in [-0.05, 0) is 51.1 Å². The third-order valence-corrected chi connectivity index (χ3v) is 5.33. The average Bonchev–Trinajstić information content (AvgIpc) is 3.04. The van der Waals surface area contributed by atoms with E-state index in [1.54, 1.807) is 13.2 Å². The second-order valence-corrected chi connectivity index (χ2v) is 6.98. The van der Waals surface area contributed by atoms with E-state index in [0.717, 1.165) is 38.3 Å². The summed E-state index contributed by atoms with van der Waals surface area (Å²) in [4.78, 5) is 5.97. The predicted molar refractivity (Wildman–Crippen MR) is 89.5 cm³/mol. The maximum Gasteiger partial charge on any atom is 0.433 e. The third kappa shape index (κ3) is 4.08. The number of allylic oxidation sites excluding steroid dienone is 3. The normalized spacial score (nSPS) is 34.6. The molecule has 4 nitrogen and oxygen atoms in total. The van der Waals surface area contributed by atoms with Gasteiger partial charge in [-0.3, -0.25) is 9.89 Å². The van der Waals surface area contributed by atoms with Gasteiger partial charge < -0.3 is 9.47 Å². The van der Waals surface area contributed by atoms with E-state index in [1.165, 1.54) is 6.21 Å². The van der Waals surface area contributed by atoms with E-state index >= 15 is 0 Å². The molecule has 0 aromatic carbocycles. The van der Waals surface area contributed by atoms with Gasteiger partial charge in [-0.1, -0.05) is 0 Å². The molecule has 0 bridgehead atoms. The van der Waals surface area contributed by atoms with Gasteiger partial charge in [0.15, 0.2) is 0 Å². The summed E-state index contributed by atoms with van der Waals surface area (Å²) in [6.45, 7) is 2.12. The molecule has 2 atom stereocenters. The Morgan fingerprint density at radius 1 is 1.32 bits per heavy atom. The van der Waals surface area contributed by atoms with Gasteiger partial charge in [0, 0.05) is 31.0 Å². The summed E-state index contributed by atoms with van der Waals surface area (Å²) in [7, 11) is 1.72. The smallest absolute Gasteiger partial charge is 0.433 e. The van der Waals surface area contributed by atoms with E-state index in [1.807, 2.05) is 0 Å². The van der Waals surface area contributed by atoms with Crippen LogP contribution in [0, 0.1) is 0 Å². The Morgan fingerprint density at radius 2 is 2.16 bits per heavy atom. The summed E-state index contributed by atoms with van der Waals surface area (Å²) in [6, 6.07) is 0.232. The molecule has 140 valence electrons. The van der Waals surface area contributed by atoms with Crippen molar-refractivity contribution in [2.75, 3.05) is 26.9 Å². The molecule has 3 heterocycles. The number of hydrogen-bond acceptors (Lipinski definition) is 4. The molecule has 0 radical (unpaired) electrons. The van der Waals surface area contributed by atoms with Crippen molar-refractivity contribution in [1.29, 1.82) is 0 Å². The highest BCUT2D eigenvalue weighted by Crippen LogP contribution is 2.42. The fourth-order valence-electron chi connectivity index (χ4n) is 4.20. The molecule has 3 rings (SSSR count). The molecule has 0 spiro atoms. The van der Waals surface area contributed by atoms with Crippen LogP contribution < -0.4 is 0 Å². The van der Waals surface area contributed by atoms with Gasteiger partial charge in [-0.2, -0.15) is 13.2 Å². The van der Waals surface area contributed by atoms with Gasteiger partial charge in [0.1, 0.15) is 18.1 Å². The van der Waals surface area contributed by atoms with Gasteiger partial charge >= 0.3 is 6.18 Å². The highest BCUT2D eigenvalue weighted by Gasteiger charge is 2.49. The number of rotatable bonds is 5. The fourth-order valence-corrected chi connectivity index (χ4v) is 4.20. The van der Waals surface area contributed by atoms with Gasteiger partial charge in [0.25, 0.3) is 0 Å². The van der Waals surface area contributed by atoms with Crippen molar-refractivity contribution in [3.8, 4) is 0 Å². The number of fused-ring (bicyclic) bond motifs is 1. The van der Waals surface area contributed by atoms with Gasteiger partial charge in [0.05, 0.1) is 6.61 Å². The summed E-state index contributed by atoms with van der Waals surface area (Å²) in [6.07, 6.45) is 4.98. The summed E-state index contributed by atoms with van der Waals surface area (Å²) in [5, 5.41) is 0. The quantitative estimate of drug-likeness (QED) is 0.749. The second kappa shape index (κ2) is 7.50. The lowest BCUT2D eigenvalue weighted by atomic mass is 9.95. The van der Waals surface area contributed by atoms with E-state index in [4.69, 9.17) is 9.47 Å². The maximum atomic E-state index is 13.0. The number of alkyl halides is 3. The number of methoxy groups -OCH3 is 1. The third-order valence-electron chi connectivity index (χ3n) is 5.33. The van der Waals surface area contributed by atoms with Crippen LogP contribution in [0.3, 0.4) is 0 Å². The zero-order chi connectivity index (χ0) is 17.9. The maximum absolute atomic E-state index is 13.0. The molecular formula is C18H25F3N2O2. The first-order chi connectivity index (χ1) is 11.9. The van der Waals surface area contributed by atoms with E-state index < -0.39 is 11.9 Å². The average molecular weight is 358 g/mol. The van der Waals surface area contributed by atoms with E-state index in [0.29, 0.717) is 26.1 Å². The largest absolute Gasteiger partial charge is 0.492 e. The predicted octanol–water partition coefficient (Wildman–Crippen LogP) is 3.84. The number of ether oxygens (including phenoxy) is 2. The highest BCUT2D eigenvalue weighted by atomic mass is 19.4. The molecule has 2 saturated heterocycles. The van der Waals surface area contributed by atoms with Crippen molar-refractivity contribution < 1.29 is 22.6 Å². The molecule has 2 fully saturated rings. The molecule has 2 unspecified atom stereocenters. The van der Waals surface area contributed by atoms with Crippen molar-refractivity contribution in [3.63, 3.8) is 0 Å². The molecule has 25 heavy (non-hydrogen) atoms. The Balaban J connectivity index is 1.66. The van der Waals surface area contributed by atoms with Crippen molar-refractivity contribution in [3.05, 3.63) is 23.6 Å². The van der Waals surface area contributed by atoms with Gasteiger partial charge in [-0.15, -0.1) is 0 Å². The van der Waals surface area contributed by atoms with Crippen molar-refractivity contribution in [2.24, 2.45) is 4.99 Å². The molecule has 7 heteroatoms. The molecule has 0 N–H and O–H groups in total. The Labute approximate surface area is 146 Å². The zero-order valence-electron chi connectivity index (χ0n) is 14.5. The molecule has 0 aromatic rings. The van der Waals surface area contributed by atoms with E-state index in [-0.39, 0.29) is 17.3 Å². The monoisotopic (exact) mass is 358 g/mol. The number of halogens is 3. The molecule has 3 aliphatic heterocycles. The minimum absolute atomic E-state index is 0.0926. The molecule has 0 aliphatic carbocycles. The van der Waals surface area contributed by atoms with Crippen molar-refractivity contribution >= 4 is 6.21 Å². The Kier molecular flexibility index (Phi) is 5.53. The first-order valence-corrected chi connectivity index (χ1v) is 8.85. The van der Waals surface area contributed by atoms with Crippen LogP contribution in [-0.2, 0) is 9.47 Å². The van der Waals surface area contributed by atoms with Crippen LogP contribution in [0.15, 0.2) is 28.6 Å². The SMILES string of the molecule is COCC12CCCN1C(COC1=C/CCC=N/C(C(F)(F)F)=C\1)CC2. The van der Waals surface area contributed by atoms with E-state index in [9.17, 15) is 13.2 Å². The topological polar surface area (TPSA) is 34.1 Å². The van der Waals surface area contributed by atoms with Crippen LogP contribution in [0.25, 0.3) is 0 Å². The van der Waals surface area contributed by atoms with Gasteiger partial charge in [-0.25, -0.2) is 0 Å². The number of hydrogen-bond donors (Lipinski definition) is 0. The minimum atomic E-state index is -4.47. The van der Waals surface area contributed by atoms with Crippen molar-refractivity contribution in [1.82, 2.24) is 4.90 Å². The second-order valence-electron chi connectivity index (χ2n) is 6.98. The summed E-state index contributed by atoms with van der Waals surface area (Å²) in [5.41, 5.74) is -0.810. The summed E-state index contributed by atoms with van der Waals surface area (Å²) >= 11 is 0. The van der Waals surface area contributed by atoms with Crippen LogP contribution in [0.4, 0.5) is 13.2 Å². The first kappa shape index (κ1) is 18.5. The Bertz CT molecular complexity index is 571. The Hall–Kier alpha value is -1.34. The van der Waals surface area contributed by atoms with Crippen LogP contribution in [0.1, 0.15) is 38.5 Å². The standard InChI is InChI=1S/C18H25F3N2O2/c1-24-13-17-7-4-10-23(17)14(6-8-17)12-25-15-5-2-3-9-22-16(11-15)18(19,20)21/h5,9,11,14H,2-4,6-8,10,12-13H2,1H3/b15-5+,16-11-,22-9?. The van der Waals surface area contributed by atoms with Crippen LogP contribution in [0.5, 0.6) is 0 Å². The lowest BCUT2D eigenvalue weighted by Gasteiger charge is -2.34. The molecule has 3 aliphatic rings.